The zero-order valence-electron chi connectivity index (χ0n) is 14.8. The molecule has 0 heterocycles. The van der Waals surface area contributed by atoms with E-state index in [4.69, 9.17) is 4.74 Å². The van der Waals surface area contributed by atoms with Crippen molar-refractivity contribution < 1.29 is 23.1 Å². The third-order valence-electron chi connectivity index (χ3n) is 3.97. The topological polar surface area (TPSA) is 67.4 Å². The standard InChI is InChI=1S/C21H16F2N2O3/c1-28-15-9-7-14(8-10-15)21(27)25-19-16(22)11-12-17(18(19)23)24-20(26)13-5-3-2-4-6-13/h2-12H,1H3,(H,24,26)(H,25,27). The summed E-state index contributed by atoms with van der Waals surface area (Å²) in [5, 5.41) is 4.58. The first kappa shape index (κ1) is 19.0. The van der Waals surface area contributed by atoms with E-state index in [1.807, 2.05) is 0 Å². The van der Waals surface area contributed by atoms with Gasteiger partial charge in [-0.05, 0) is 48.5 Å². The normalized spacial score (nSPS) is 10.2. The second-order valence-corrected chi connectivity index (χ2v) is 5.79. The molecule has 3 aromatic carbocycles. The smallest absolute Gasteiger partial charge is 0.255 e. The minimum absolute atomic E-state index is 0.193. The second-order valence-electron chi connectivity index (χ2n) is 5.79. The lowest BCUT2D eigenvalue weighted by molar-refractivity contribution is 0.101. The number of amides is 2. The number of ether oxygens (including phenoxy) is 1. The molecule has 2 amide bonds. The number of carbonyl (C=O) groups is 2. The number of halogens is 2. The Balaban J connectivity index is 1.82. The maximum absolute atomic E-state index is 14.7. The molecule has 0 atom stereocenters. The summed E-state index contributed by atoms with van der Waals surface area (Å²) in [6.45, 7) is 0. The van der Waals surface area contributed by atoms with Gasteiger partial charge in [0.15, 0.2) is 5.82 Å². The van der Waals surface area contributed by atoms with Gasteiger partial charge in [-0.2, -0.15) is 0 Å². The van der Waals surface area contributed by atoms with E-state index in [1.54, 1.807) is 42.5 Å². The van der Waals surface area contributed by atoms with Crippen LogP contribution in [0.1, 0.15) is 20.7 Å². The third kappa shape index (κ3) is 4.15. The van der Waals surface area contributed by atoms with Crippen LogP contribution in [0, 0.1) is 11.6 Å². The van der Waals surface area contributed by atoms with Gasteiger partial charge in [-0.3, -0.25) is 9.59 Å². The molecule has 7 heteroatoms. The molecule has 0 fully saturated rings. The fourth-order valence-electron chi connectivity index (χ4n) is 2.48. The van der Waals surface area contributed by atoms with Crippen LogP contribution in [-0.2, 0) is 0 Å². The molecule has 0 saturated heterocycles. The first-order chi connectivity index (χ1) is 13.5. The Morgan fingerprint density at radius 2 is 1.39 bits per heavy atom. The predicted octanol–water partition coefficient (Wildman–Crippen LogP) is 4.48. The summed E-state index contributed by atoms with van der Waals surface area (Å²) in [4.78, 5) is 24.5. The van der Waals surface area contributed by atoms with Crippen molar-refractivity contribution in [1.29, 1.82) is 0 Å². The van der Waals surface area contributed by atoms with Crippen LogP contribution in [-0.4, -0.2) is 18.9 Å². The van der Waals surface area contributed by atoms with Gasteiger partial charge >= 0.3 is 0 Å². The van der Waals surface area contributed by atoms with E-state index in [0.717, 1.165) is 12.1 Å². The van der Waals surface area contributed by atoms with Crippen molar-refractivity contribution in [3.8, 4) is 5.75 Å². The molecule has 3 aromatic rings. The van der Waals surface area contributed by atoms with Crippen LogP contribution in [0.4, 0.5) is 20.2 Å². The minimum Gasteiger partial charge on any atom is -0.497 e. The van der Waals surface area contributed by atoms with Crippen molar-refractivity contribution in [3.63, 3.8) is 0 Å². The Morgan fingerprint density at radius 3 is 2.04 bits per heavy atom. The van der Waals surface area contributed by atoms with Crippen LogP contribution in [0.5, 0.6) is 5.75 Å². The van der Waals surface area contributed by atoms with Crippen molar-refractivity contribution in [3.05, 3.63) is 89.5 Å². The molecule has 28 heavy (non-hydrogen) atoms. The second kappa shape index (κ2) is 8.30. The van der Waals surface area contributed by atoms with Gasteiger partial charge in [0.25, 0.3) is 11.8 Å². The number of benzene rings is 3. The van der Waals surface area contributed by atoms with E-state index in [0.29, 0.717) is 11.3 Å². The Labute approximate surface area is 160 Å². The summed E-state index contributed by atoms with van der Waals surface area (Å²) in [6.07, 6.45) is 0. The zero-order chi connectivity index (χ0) is 20.1. The van der Waals surface area contributed by atoms with Crippen LogP contribution in [0.25, 0.3) is 0 Å². The summed E-state index contributed by atoms with van der Waals surface area (Å²) < 4.78 is 33.8. The summed E-state index contributed by atoms with van der Waals surface area (Å²) in [7, 11) is 1.48. The molecule has 0 radical (unpaired) electrons. The van der Waals surface area contributed by atoms with E-state index < -0.39 is 29.1 Å². The van der Waals surface area contributed by atoms with E-state index in [2.05, 4.69) is 10.6 Å². The van der Waals surface area contributed by atoms with Gasteiger partial charge in [-0.25, -0.2) is 8.78 Å². The third-order valence-corrected chi connectivity index (χ3v) is 3.97. The van der Waals surface area contributed by atoms with Crippen molar-refractivity contribution in [2.45, 2.75) is 0 Å². The lowest BCUT2D eigenvalue weighted by Crippen LogP contribution is -2.17. The number of hydrogen-bond donors (Lipinski definition) is 2. The molecule has 0 spiro atoms. The maximum Gasteiger partial charge on any atom is 0.255 e. The highest BCUT2D eigenvalue weighted by Gasteiger charge is 2.19. The first-order valence-electron chi connectivity index (χ1n) is 8.29. The Bertz CT molecular complexity index is 1010. The van der Waals surface area contributed by atoms with E-state index in [1.165, 1.54) is 19.2 Å². The van der Waals surface area contributed by atoms with Crippen LogP contribution in [0.2, 0.25) is 0 Å². The minimum atomic E-state index is -1.08. The number of carbonyl (C=O) groups excluding carboxylic acids is 2. The molecule has 0 bridgehead atoms. The van der Waals surface area contributed by atoms with Crippen molar-refractivity contribution in [2.75, 3.05) is 17.7 Å². The monoisotopic (exact) mass is 382 g/mol. The van der Waals surface area contributed by atoms with Gasteiger partial charge in [0.2, 0.25) is 0 Å². The quantitative estimate of drug-likeness (QED) is 0.684. The van der Waals surface area contributed by atoms with Crippen LogP contribution >= 0.6 is 0 Å². The molecular formula is C21H16F2N2O3. The lowest BCUT2D eigenvalue weighted by Gasteiger charge is -2.12. The molecule has 0 aliphatic heterocycles. The van der Waals surface area contributed by atoms with Crippen molar-refractivity contribution in [2.24, 2.45) is 0 Å². The Kier molecular flexibility index (Phi) is 5.64. The maximum atomic E-state index is 14.7. The van der Waals surface area contributed by atoms with E-state index in [-0.39, 0.29) is 11.3 Å². The molecule has 5 nitrogen and oxygen atoms in total. The molecular weight excluding hydrogens is 366 g/mol. The van der Waals surface area contributed by atoms with Crippen LogP contribution in [0.3, 0.4) is 0 Å². The molecule has 3 rings (SSSR count). The fourth-order valence-corrected chi connectivity index (χ4v) is 2.48. The average Bonchev–Trinajstić information content (AvgIpc) is 2.73. The summed E-state index contributed by atoms with van der Waals surface area (Å²) in [6, 6.07) is 16.3. The highest BCUT2D eigenvalue weighted by Crippen LogP contribution is 2.27. The van der Waals surface area contributed by atoms with Gasteiger partial charge in [-0.1, -0.05) is 18.2 Å². The van der Waals surface area contributed by atoms with E-state index in [9.17, 15) is 18.4 Å². The number of nitrogens with one attached hydrogen (secondary N) is 2. The molecule has 0 aliphatic rings. The number of methoxy groups -OCH3 is 1. The summed E-state index contributed by atoms with van der Waals surface area (Å²) in [5.74, 6) is -2.76. The van der Waals surface area contributed by atoms with Gasteiger partial charge in [0.1, 0.15) is 17.3 Å². The number of anilines is 2. The Hall–Kier alpha value is -3.74. The molecule has 2 N–H and O–H groups in total. The molecule has 142 valence electrons. The Morgan fingerprint density at radius 1 is 0.786 bits per heavy atom. The van der Waals surface area contributed by atoms with Gasteiger partial charge in [0, 0.05) is 11.1 Å². The molecule has 0 unspecified atom stereocenters. The number of hydrogen-bond acceptors (Lipinski definition) is 3. The largest absolute Gasteiger partial charge is 0.497 e. The van der Waals surface area contributed by atoms with Crippen molar-refractivity contribution >= 4 is 23.2 Å². The first-order valence-corrected chi connectivity index (χ1v) is 8.29. The highest BCUT2D eigenvalue weighted by molar-refractivity contribution is 6.06. The van der Waals surface area contributed by atoms with Crippen LogP contribution < -0.4 is 15.4 Å². The van der Waals surface area contributed by atoms with Gasteiger partial charge in [0.05, 0.1) is 12.8 Å². The average molecular weight is 382 g/mol. The zero-order valence-corrected chi connectivity index (χ0v) is 14.8. The molecule has 0 saturated carbocycles. The number of rotatable bonds is 5. The molecule has 0 aliphatic carbocycles. The SMILES string of the molecule is COc1ccc(C(=O)Nc2c(F)ccc(NC(=O)c3ccccc3)c2F)cc1. The van der Waals surface area contributed by atoms with Crippen molar-refractivity contribution in [1.82, 2.24) is 0 Å². The summed E-state index contributed by atoms with van der Waals surface area (Å²) in [5.41, 5.74) is -0.389. The highest BCUT2D eigenvalue weighted by atomic mass is 19.1. The van der Waals surface area contributed by atoms with Crippen LogP contribution in [0.15, 0.2) is 66.7 Å². The predicted molar refractivity (Wildman–Crippen MR) is 102 cm³/mol. The molecule has 0 aromatic heterocycles. The van der Waals surface area contributed by atoms with E-state index >= 15 is 0 Å². The lowest BCUT2D eigenvalue weighted by atomic mass is 10.1. The van der Waals surface area contributed by atoms with Gasteiger partial charge in [-0.15, -0.1) is 0 Å². The van der Waals surface area contributed by atoms with Gasteiger partial charge < -0.3 is 15.4 Å². The fraction of sp³-hybridized carbons (Fsp3) is 0.0476. The summed E-state index contributed by atoms with van der Waals surface area (Å²) >= 11 is 0.